The predicted molar refractivity (Wildman–Crippen MR) is 50.4 cm³/mol. The smallest absolute Gasteiger partial charge is 0.153 e. The molecule has 0 saturated heterocycles. The minimum Gasteiger partial charge on any atom is -0.409 e. The van der Waals surface area contributed by atoms with E-state index in [2.05, 4.69) is 23.9 Å². The Morgan fingerprint density at radius 3 is 2.33 bits per heavy atom. The van der Waals surface area contributed by atoms with E-state index in [9.17, 15) is 0 Å². The van der Waals surface area contributed by atoms with Crippen LogP contribution >= 0.6 is 0 Å². The highest BCUT2D eigenvalue weighted by Gasteiger charge is 2.10. The lowest BCUT2D eigenvalue weighted by atomic mass is 10.1. The van der Waals surface area contributed by atoms with Crippen LogP contribution in [0.5, 0.6) is 0 Å². The molecule has 0 unspecified atom stereocenters. The molecule has 0 aliphatic heterocycles. The Hall–Kier alpha value is -0.770. The summed E-state index contributed by atoms with van der Waals surface area (Å²) >= 11 is 0. The van der Waals surface area contributed by atoms with Crippen LogP contribution in [0.4, 0.5) is 0 Å². The molecule has 0 aliphatic carbocycles. The van der Waals surface area contributed by atoms with E-state index >= 15 is 0 Å². The number of hydrogen-bond acceptors (Lipinski definition) is 3. The highest BCUT2D eigenvalue weighted by atomic mass is 16.4. The van der Waals surface area contributed by atoms with E-state index in [0.717, 1.165) is 12.8 Å². The first-order chi connectivity index (χ1) is 5.65. The molecule has 0 bridgehead atoms. The van der Waals surface area contributed by atoms with E-state index in [4.69, 9.17) is 10.9 Å². The number of likely N-dealkylation sites (N-methyl/N-ethyl adjacent to an activating group) is 1. The van der Waals surface area contributed by atoms with Gasteiger partial charge < -0.3 is 10.9 Å². The summed E-state index contributed by atoms with van der Waals surface area (Å²) in [7, 11) is 1.98. The van der Waals surface area contributed by atoms with Crippen molar-refractivity contribution in [2.24, 2.45) is 10.9 Å². The first-order valence-corrected chi connectivity index (χ1v) is 4.32. The second-order valence-electron chi connectivity index (χ2n) is 2.98. The number of nitrogens with zero attached hydrogens (tertiary/aromatic N) is 2. The molecule has 4 heteroatoms. The summed E-state index contributed by atoms with van der Waals surface area (Å²) in [6.07, 6.45) is 2.18. The highest BCUT2D eigenvalue weighted by Crippen LogP contribution is 2.04. The SMILES string of the molecule is CCC(CC)N(C)C/C(N)=N/O. The Bertz CT molecular complexity index is 143. The Morgan fingerprint density at radius 1 is 1.50 bits per heavy atom. The molecule has 0 heterocycles. The van der Waals surface area contributed by atoms with Crippen molar-refractivity contribution in [3.63, 3.8) is 0 Å². The molecule has 0 aromatic carbocycles. The molecule has 72 valence electrons. The van der Waals surface area contributed by atoms with Gasteiger partial charge in [-0.05, 0) is 19.9 Å². The van der Waals surface area contributed by atoms with Gasteiger partial charge in [-0.3, -0.25) is 4.90 Å². The Kier molecular flexibility index (Phi) is 5.45. The molecule has 0 aromatic heterocycles. The van der Waals surface area contributed by atoms with Gasteiger partial charge in [0.2, 0.25) is 0 Å². The van der Waals surface area contributed by atoms with Crippen molar-refractivity contribution >= 4 is 5.84 Å². The molecule has 0 saturated carbocycles. The first-order valence-electron chi connectivity index (χ1n) is 4.32. The maximum absolute atomic E-state index is 8.35. The molecule has 0 aromatic rings. The number of rotatable bonds is 5. The first kappa shape index (κ1) is 11.2. The van der Waals surface area contributed by atoms with Gasteiger partial charge in [0, 0.05) is 6.04 Å². The average Bonchev–Trinajstić information content (AvgIpc) is 2.06. The van der Waals surface area contributed by atoms with Gasteiger partial charge in [-0.15, -0.1) is 0 Å². The molecular formula is C8H19N3O. The summed E-state index contributed by atoms with van der Waals surface area (Å²) in [6, 6.07) is 0.519. The summed E-state index contributed by atoms with van der Waals surface area (Å²) in [4.78, 5) is 2.09. The van der Waals surface area contributed by atoms with Gasteiger partial charge in [0.15, 0.2) is 5.84 Å². The molecule has 0 atom stereocenters. The van der Waals surface area contributed by atoms with E-state index in [0.29, 0.717) is 12.6 Å². The van der Waals surface area contributed by atoms with Crippen LogP contribution in [-0.2, 0) is 0 Å². The van der Waals surface area contributed by atoms with Crippen LogP contribution in [0.15, 0.2) is 5.16 Å². The van der Waals surface area contributed by atoms with Crippen LogP contribution in [0.3, 0.4) is 0 Å². The largest absolute Gasteiger partial charge is 0.409 e. The van der Waals surface area contributed by atoms with Gasteiger partial charge in [0.05, 0.1) is 6.54 Å². The molecule has 0 aliphatic rings. The number of oxime groups is 1. The third-order valence-corrected chi connectivity index (χ3v) is 2.11. The molecule has 0 radical (unpaired) electrons. The van der Waals surface area contributed by atoms with Crippen LogP contribution in [0, 0.1) is 0 Å². The molecule has 12 heavy (non-hydrogen) atoms. The Balaban J connectivity index is 3.91. The van der Waals surface area contributed by atoms with Crippen molar-refractivity contribution in [3.05, 3.63) is 0 Å². The molecule has 4 nitrogen and oxygen atoms in total. The van der Waals surface area contributed by atoms with Crippen molar-refractivity contribution in [2.75, 3.05) is 13.6 Å². The van der Waals surface area contributed by atoms with E-state index in [1.54, 1.807) is 0 Å². The van der Waals surface area contributed by atoms with E-state index in [1.807, 2.05) is 7.05 Å². The van der Waals surface area contributed by atoms with Gasteiger partial charge in [0.1, 0.15) is 0 Å². The zero-order chi connectivity index (χ0) is 9.56. The highest BCUT2D eigenvalue weighted by molar-refractivity contribution is 5.81. The fourth-order valence-electron chi connectivity index (χ4n) is 1.33. The zero-order valence-electron chi connectivity index (χ0n) is 8.12. The second-order valence-corrected chi connectivity index (χ2v) is 2.98. The molecule has 0 rings (SSSR count). The van der Waals surface area contributed by atoms with Crippen LogP contribution in [-0.4, -0.2) is 35.6 Å². The number of hydrogen-bond donors (Lipinski definition) is 2. The fourth-order valence-corrected chi connectivity index (χ4v) is 1.33. The summed E-state index contributed by atoms with van der Waals surface area (Å²) < 4.78 is 0. The summed E-state index contributed by atoms with van der Waals surface area (Å²) in [5.41, 5.74) is 5.38. The fraction of sp³-hybridized carbons (Fsp3) is 0.875. The van der Waals surface area contributed by atoms with E-state index < -0.39 is 0 Å². The average molecular weight is 173 g/mol. The van der Waals surface area contributed by atoms with Crippen LogP contribution in [0.2, 0.25) is 0 Å². The number of nitrogens with two attached hydrogens (primary N) is 1. The van der Waals surface area contributed by atoms with Gasteiger partial charge >= 0.3 is 0 Å². The van der Waals surface area contributed by atoms with E-state index in [1.165, 1.54) is 0 Å². The van der Waals surface area contributed by atoms with Crippen molar-refractivity contribution in [1.29, 1.82) is 0 Å². The summed E-state index contributed by atoms with van der Waals surface area (Å²) in [6.45, 7) is 4.80. The van der Waals surface area contributed by atoms with Gasteiger partial charge in [-0.2, -0.15) is 0 Å². The van der Waals surface area contributed by atoms with Crippen molar-refractivity contribution in [3.8, 4) is 0 Å². The monoisotopic (exact) mass is 173 g/mol. The zero-order valence-corrected chi connectivity index (χ0v) is 8.12. The van der Waals surface area contributed by atoms with Gasteiger partial charge in [-0.25, -0.2) is 0 Å². The third-order valence-electron chi connectivity index (χ3n) is 2.11. The lowest BCUT2D eigenvalue weighted by Crippen LogP contribution is -2.37. The summed E-state index contributed by atoms with van der Waals surface area (Å²) in [5, 5.41) is 11.3. The maximum Gasteiger partial charge on any atom is 0.153 e. The lowest BCUT2D eigenvalue weighted by molar-refractivity contribution is 0.253. The van der Waals surface area contributed by atoms with Crippen LogP contribution in [0.1, 0.15) is 26.7 Å². The Labute approximate surface area is 74.0 Å². The second kappa shape index (κ2) is 5.83. The van der Waals surface area contributed by atoms with Gasteiger partial charge in [0.25, 0.3) is 0 Å². The number of amidine groups is 1. The van der Waals surface area contributed by atoms with E-state index in [-0.39, 0.29) is 5.84 Å². The topological polar surface area (TPSA) is 61.8 Å². The van der Waals surface area contributed by atoms with Crippen molar-refractivity contribution in [1.82, 2.24) is 4.90 Å². The molecule has 3 N–H and O–H groups in total. The quantitative estimate of drug-likeness (QED) is 0.280. The van der Waals surface area contributed by atoms with Crippen LogP contribution in [0.25, 0.3) is 0 Å². The molecule has 0 amide bonds. The van der Waals surface area contributed by atoms with Gasteiger partial charge in [-0.1, -0.05) is 19.0 Å². The minimum atomic E-state index is 0.268. The Morgan fingerprint density at radius 2 is 2.00 bits per heavy atom. The normalized spacial score (nSPS) is 12.9. The maximum atomic E-state index is 8.35. The molecule has 0 spiro atoms. The molecular weight excluding hydrogens is 154 g/mol. The third kappa shape index (κ3) is 3.57. The van der Waals surface area contributed by atoms with Crippen LogP contribution < -0.4 is 5.73 Å². The van der Waals surface area contributed by atoms with Crippen molar-refractivity contribution in [2.45, 2.75) is 32.7 Å². The summed E-state index contributed by atoms with van der Waals surface area (Å²) in [5.74, 6) is 0.268. The predicted octanol–water partition coefficient (Wildman–Crippen LogP) is 0.853. The lowest BCUT2D eigenvalue weighted by Gasteiger charge is -2.24. The standard InChI is InChI=1S/C8H19N3O/c1-4-7(5-2)11(3)6-8(9)10-12/h7,12H,4-6H2,1-3H3,(H2,9,10). The molecule has 0 fully saturated rings. The minimum absolute atomic E-state index is 0.268. The van der Waals surface area contributed by atoms with Crippen molar-refractivity contribution < 1.29 is 5.21 Å².